The minimum atomic E-state index is -3.65. The van der Waals surface area contributed by atoms with Gasteiger partial charge in [0.2, 0.25) is 0 Å². The van der Waals surface area contributed by atoms with Crippen LogP contribution in [-0.4, -0.2) is 25.0 Å². The van der Waals surface area contributed by atoms with Crippen molar-refractivity contribution in [2.24, 2.45) is 0 Å². The van der Waals surface area contributed by atoms with Crippen LogP contribution in [0.3, 0.4) is 0 Å². The van der Waals surface area contributed by atoms with E-state index >= 15 is 0 Å². The van der Waals surface area contributed by atoms with Crippen molar-refractivity contribution < 1.29 is 21.8 Å². The van der Waals surface area contributed by atoms with E-state index in [0.717, 1.165) is 0 Å². The van der Waals surface area contributed by atoms with Crippen LogP contribution in [0.5, 0.6) is 5.75 Å². The second-order valence-electron chi connectivity index (χ2n) is 6.44. The molecule has 9 heteroatoms. The molecule has 0 radical (unpaired) electrons. The smallest absolute Gasteiger partial charge is 0.308 e. The number of amides is 1. The van der Waals surface area contributed by atoms with Crippen LogP contribution in [0.4, 0.5) is 0 Å². The van der Waals surface area contributed by atoms with Gasteiger partial charge in [0.15, 0.2) is 0 Å². The van der Waals surface area contributed by atoms with Crippen LogP contribution in [0, 0.1) is 0 Å². The summed E-state index contributed by atoms with van der Waals surface area (Å²) in [6, 6.07) is 14.7. The molecule has 0 unspecified atom stereocenters. The average molecular weight is 468 g/mol. The van der Waals surface area contributed by atoms with Crippen LogP contribution in [0.25, 0.3) is 0 Å². The van der Waals surface area contributed by atoms with Gasteiger partial charge in [0, 0.05) is 11.6 Å². The van der Waals surface area contributed by atoms with Crippen molar-refractivity contribution in [2.45, 2.75) is 20.0 Å². The maximum atomic E-state index is 13.2. The second kappa shape index (κ2) is 9.55. The van der Waals surface area contributed by atoms with Crippen LogP contribution in [0.2, 0.25) is 10.0 Å². The molecule has 3 aromatic rings. The number of benzene rings is 2. The molecule has 0 aliphatic carbocycles. The number of carbonyl (C=O) groups is 1. The topological polar surface area (TPSA) is 76.8 Å². The molecule has 1 amide bonds. The van der Waals surface area contributed by atoms with Gasteiger partial charge < -0.3 is 13.5 Å². The molecule has 1 heterocycles. The highest BCUT2D eigenvalue weighted by atomic mass is 35.5. The summed E-state index contributed by atoms with van der Waals surface area (Å²) in [4.78, 5) is 14.7. The largest absolute Gasteiger partial charge is 0.467 e. The summed E-state index contributed by atoms with van der Waals surface area (Å²) in [6.45, 7) is 1.88. The van der Waals surface area contributed by atoms with Gasteiger partial charge in [-0.15, -0.1) is 0 Å². The van der Waals surface area contributed by atoms with Crippen molar-refractivity contribution in [3.8, 4) is 5.75 Å². The molecule has 0 aliphatic heterocycles. The molecule has 2 aromatic carbocycles. The molecule has 0 spiro atoms. The molecule has 0 saturated carbocycles. The number of furan rings is 1. The molecule has 0 aliphatic rings. The third kappa shape index (κ3) is 5.78. The number of hydrogen-bond acceptors (Lipinski definition) is 5. The maximum Gasteiger partial charge on any atom is 0.308 e. The van der Waals surface area contributed by atoms with Crippen LogP contribution in [0.1, 0.15) is 28.6 Å². The fourth-order valence-corrected chi connectivity index (χ4v) is 3.75. The van der Waals surface area contributed by atoms with E-state index in [2.05, 4.69) is 0 Å². The number of nitrogens with zero attached hydrogens (tertiary/aromatic N) is 1. The highest BCUT2D eigenvalue weighted by Gasteiger charge is 2.21. The number of hydrogen-bond donors (Lipinski definition) is 0. The Balaban J connectivity index is 1.89. The first-order valence-corrected chi connectivity index (χ1v) is 11.4. The Labute approximate surface area is 185 Å². The summed E-state index contributed by atoms with van der Waals surface area (Å²) in [5.74, 6) is 0.314. The van der Waals surface area contributed by atoms with Gasteiger partial charge in [-0.1, -0.05) is 35.3 Å². The van der Waals surface area contributed by atoms with E-state index < -0.39 is 10.1 Å². The van der Waals surface area contributed by atoms with E-state index in [0.29, 0.717) is 21.9 Å². The lowest BCUT2D eigenvalue weighted by Gasteiger charge is -2.23. The molecule has 0 bridgehead atoms. The summed E-state index contributed by atoms with van der Waals surface area (Å²) in [6.07, 6.45) is 1.53. The average Bonchev–Trinajstić information content (AvgIpc) is 3.20. The van der Waals surface area contributed by atoms with Gasteiger partial charge in [0.05, 0.1) is 29.1 Å². The first kappa shape index (κ1) is 22.2. The second-order valence-corrected chi connectivity index (χ2v) is 9.14. The molecule has 30 heavy (non-hydrogen) atoms. The van der Waals surface area contributed by atoms with Gasteiger partial charge in [0.25, 0.3) is 5.91 Å². The Morgan fingerprint density at radius 2 is 1.87 bits per heavy atom. The predicted octanol–water partition coefficient (Wildman–Crippen LogP) is 5.16. The molecule has 0 N–H and O–H groups in total. The third-order valence-corrected chi connectivity index (χ3v) is 5.93. The summed E-state index contributed by atoms with van der Waals surface area (Å²) in [5.41, 5.74) is 0.984. The molecular weight excluding hydrogens is 449 g/mol. The standard InChI is InChI=1S/C21H19Cl2NO5S/c1-2-30(26,27)29-17-6-3-5-15(11-17)13-24(14-18-7-4-10-28-18)21(25)19-9-8-16(22)12-20(19)23/h3-12H,2,13-14H2,1H3. The first-order valence-electron chi connectivity index (χ1n) is 9.05. The molecule has 1 aromatic heterocycles. The first-order chi connectivity index (χ1) is 14.3. The Hall–Kier alpha value is -2.48. The van der Waals surface area contributed by atoms with E-state index in [9.17, 15) is 13.2 Å². The van der Waals surface area contributed by atoms with Crippen molar-refractivity contribution in [1.29, 1.82) is 0 Å². The number of carbonyl (C=O) groups excluding carboxylic acids is 1. The molecule has 3 rings (SSSR count). The summed E-state index contributed by atoms with van der Waals surface area (Å²) < 4.78 is 34.0. The van der Waals surface area contributed by atoms with Gasteiger partial charge in [-0.25, -0.2) is 0 Å². The van der Waals surface area contributed by atoms with E-state index in [1.807, 2.05) is 0 Å². The fourth-order valence-electron chi connectivity index (χ4n) is 2.75. The number of halogens is 2. The van der Waals surface area contributed by atoms with Gasteiger partial charge >= 0.3 is 10.1 Å². The highest BCUT2D eigenvalue weighted by Crippen LogP contribution is 2.25. The minimum Gasteiger partial charge on any atom is -0.467 e. The van der Waals surface area contributed by atoms with E-state index in [1.165, 1.54) is 19.3 Å². The zero-order valence-corrected chi connectivity index (χ0v) is 18.4. The van der Waals surface area contributed by atoms with Gasteiger partial charge in [-0.05, 0) is 55.0 Å². The minimum absolute atomic E-state index is 0.143. The van der Waals surface area contributed by atoms with Crippen molar-refractivity contribution in [1.82, 2.24) is 4.90 Å². The van der Waals surface area contributed by atoms with E-state index in [1.54, 1.807) is 53.4 Å². The Morgan fingerprint density at radius 1 is 1.07 bits per heavy atom. The Kier molecular flexibility index (Phi) is 7.07. The van der Waals surface area contributed by atoms with Crippen molar-refractivity contribution in [3.63, 3.8) is 0 Å². The van der Waals surface area contributed by atoms with Crippen LogP contribution in [-0.2, 0) is 23.2 Å². The SMILES string of the molecule is CCS(=O)(=O)Oc1cccc(CN(Cc2ccco2)C(=O)c2ccc(Cl)cc2Cl)c1. The lowest BCUT2D eigenvalue weighted by molar-refractivity contribution is 0.0717. The lowest BCUT2D eigenvalue weighted by Crippen LogP contribution is -2.30. The molecule has 0 fully saturated rings. The molecule has 0 saturated heterocycles. The third-order valence-electron chi connectivity index (χ3n) is 4.22. The quantitative estimate of drug-likeness (QED) is 0.427. The summed E-state index contributed by atoms with van der Waals surface area (Å²) in [5, 5.41) is 0.666. The summed E-state index contributed by atoms with van der Waals surface area (Å²) in [7, 11) is -3.65. The van der Waals surface area contributed by atoms with Crippen molar-refractivity contribution >= 4 is 39.2 Å². The maximum absolute atomic E-state index is 13.2. The van der Waals surface area contributed by atoms with Crippen LogP contribution in [0.15, 0.2) is 65.3 Å². The van der Waals surface area contributed by atoms with Crippen molar-refractivity contribution in [3.05, 3.63) is 87.8 Å². The molecule has 0 atom stereocenters. The Morgan fingerprint density at radius 3 is 2.53 bits per heavy atom. The fraction of sp³-hybridized carbons (Fsp3) is 0.190. The zero-order valence-electron chi connectivity index (χ0n) is 16.0. The van der Waals surface area contributed by atoms with E-state index in [4.69, 9.17) is 31.8 Å². The molecular formula is C21H19Cl2NO5S. The number of rotatable bonds is 8. The van der Waals surface area contributed by atoms with Gasteiger partial charge in [-0.3, -0.25) is 4.79 Å². The highest BCUT2D eigenvalue weighted by molar-refractivity contribution is 7.87. The van der Waals surface area contributed by atoms with E-state index in [-0.39, 0.29) is 35.5 Å². The van der Waals surface area contributed by atoms with Gasteiger partial charge in [0.1, 0.15) is 11.5 Å². The van der Waals surface area contributed by atoms with Gasteiger partial charge in [-0.2, -0.15) is 8.42 Å². The monoisotopic (exact) mass is 467 g/mol. The lowest BCUT2D eigenvalue weighted by atomic mass is 10.1. The van der Waals surface area contributed by atoms with Crippen LogP contribution >= 0.6 is 23.2 Å². The van der Waals surface area contributed by atoms with Crippen LogP contribution < -0.4 is 4.18 Å². The molecule has 6 nitrogen and oxygen atoms in total. The Bertz CT molecular complexity index is 1130. The normalized spacial score (nSPS) is 11.3. The molecule has 158 valence electrons. The zero-order chi connectivity index (χ0) is 21.7. The summed E-state index contributed by atoms with van der Waals surface area (Å²) >= 11 is 12.2. The predicted molar refractivity (Wildman–Crippen MR) is 115 cm³/mol. The van der Waals surface area contributed by atoms with Crippen molar-refractivity contribution in [2.75, 3.05) is 5.75 Å².